The molecule has 0 bridgehead atoms. The molecule has 4 rings (SSSR count). The molecule has 0 spiro atoms. The quantitative estimate of drug-likeness (QED) is 0.791. The number of hydrogen-bond acceptors (Lipinski definition) is 3. The highest BCUT2D eigenvalue weighted by Crippen LogP contribution is 2.28. The summed E-state index contributed by atoms with van der Waals surface area (Å²) >= 11 is 0. The molecular formula is C21H19N3O2. The van der Waals surface area contributed by atoms with E-state index in [0.29, 0.717) is 24.4 Å². The SMILES string of the molecule is C[C@H](Oc1ccc(C#N)cc1)C(=O)N1CCc2[nH]c3ccccc3c2C1. The molecule has 5 heteroatoms. The Hall–Kier alpha value is -3.26. The van der Waals surface area contributed by atoms with Crippen LogP contribution in [0.3, 0.4) is 0 Å². The normalized spacial score (nSPS) is 14.5. The van der Waals surface area contributed by atoms with Gasteiger partial charge in [-0.3, -0.25) is 4.79 Å². The van der Waals surface area contributed by atoms with Crippen LogP contribution in [0.2, 0.25) is 0 Å². The van der Waals surface area contributed by atoms with Gasteiger partial charge in [0, 0.05) is 41.7 Å². The molecule has 1 N–H and O–H groups in total. The van der Waals surface area contributed by atoms with Crippen molar-refractivity contribution in [1.82, 2.24) is 9.88 Å². The van der Waals surface area contributed by atoms with Gasteiger partial charge >= 0.3 is 0 Å². The molecular weight excluding hydrogens is 326 g/mol. The summed E-state index contributed by atoms with van der Waals surface area (Å²) in [5.74, 6) is 0.569. The van der Waals surface area contributed by atoms with Crippen LogP contribution in [0.1, 0.15) is 23.7 Å². The van der Waals surface area contributed by atoms with Crippen LogP contribution < -0.4 is 4.74 Å². The summed E-state index contributed by atoms with van der Waals surface area (Å²) in [5, 5.41) is 10.0. The molecule has 0 radical (unpaired) electrons. The van der Waals surface area contributed by atoms with Gasteiger partial charge < -0.3 is 14.6 Å². The van der Waals surface area contributed by atoms with Crippen LogP contribution in [0.5, 0.6) is 5.75 Å². The fourth-order valence-electron chi connectivity index (χ4n) is 3.47. The number of H-pyrrole nitrogens is 1. The number of rotatable bonds is 3. The monoisotopic (exact) mass is 345 g/mol. The largest absolute Gasteiger partial charge is 0.481 e. The van der Waals surface area contributed by atoms with E-state index in [4.69, 9.17) is 10.00 Å². The molecule has 0 aliphatic carbocycles. The lowest BCUT2D eigenvalue weighted by atomic mass is 10.0. The van der Waals surface area contributed by atoms with Gasteiger partial charge in [0.05, 0.1) is 11.6 Å². The molecule has 2 heterocycles. The number of para-hydroxylation sites is 1. The lowest BCUT2D eigenvalue weighted by Gasteiger charge is -2.29. The van der Waals surface area contributed by atoms with Gasteiger partial charge in [0.1, 0.15) is 5.75 Å². The highest BCUT2D eigenvalue weighted by Gasteiger charge is 2.27. The second kappa shape index (κ2) is 6.57. The molecule has 1 aromatic heterocycles. The number of carbonyl (C=O) groups excluding carboxylic acids is 1. The lowest BCUT2D eigenvalue weighted by molar-refractivity contribution is -0.138. The van der Waals surface area contributed by atoms with Crippen molar-refractivity contribution in [2.75, 3.05) is 6.54 Å². The molecule has 0 saturated carbocycles. The highest BCUT2D eigenvalue weighted by atomic mass is 16.5. The standard InChI is InChI=1S/C21H19N3O2/c1-14(26-16-8-6-15(12-22)7-9-16)21(25)24-11-10-20-18(13-24)17-4-2-3-5-19(17)23-20/h2-9,14,23H,10-11,13H2,1H3/t14-/m0/s1. The molecule has 1 atom stereocenters. The molecule has 0 unspecified atom stereocenters. The first-order valence-electron chi connectivity index (χ1n) is 8.70. The van der Waals surface area contributed by atoms with Crippen molar-refractivity contribution in [3.05, 3.63) is 65.4 Å². The van der Waals surface area contributed by atoms with E-state index in [2.05, 4.69) is 23.2 Å². The van der Waals surface area contributed by atoms with Crippen molar-refractivity contribution in [1.29, 1.82) is 5.26 Å². The van der Waals surface area contributed by atoms with Gasteiger partial charge in [-0.2, -0.15) is 5.26 Å². The zero-order chi connectivity index (χ0) is 18.1. The van der Waals surface area contributed by atoms with Crippen molar-refractivity contribution in [2.24, 2.45) is 0 Å². The summed E-state index contributed by atoms with van der Waals surface area (Å²) in [6.45, 7) is 3.05. The van der Waals surface area contributed by atoms with Crippen LogP contribution in [0.15, 0.2) is 48.5 Å². The van der Waals surface area contributed by atoms with Crippen molar-refractivity contribution in [3.63, 3.8) is 0 Å². The predicted molar refractivity (Wildman–Crippen MR) is 98.7 cm³/mol. The Morgan fingerprint density at radius 1 is 1.23 bits per heavy atom. The molecule has 5 nitrogen and oxygen atoms in total. The second-order valence-corrected chi connectivity index (χ2v) is 6.53. The van der Waals surface area contributed by atoms with Crippen LogP contribution in [0, 0.1) is 11.3 Å². The molecule has 2 aromatic carbocycles. The zero-order valence-corrected chi connectivity index (χ0v) is 14.5. The van der Waals surface area contributed by atoms with E-state index < -0.39 is 6.10 Å². The van der Waals surface area contributed by atoms with E-state index in [9.17, 15) is 4.79 Å². The molecule has 1 amide bonds. The lowest BCUT2D eigenvalue weighted by Crippen LogP contribution is -2.43. The number of nitriles is 1. The van der Waals surface area contributed by atoms with Crippen molar-refractivity contribution >= 4 is 16.8 Å². The number of nitrogens with one attached hydrogen (secondary N) is 1. The van der Waals surface area contributed by atoms with Crippen LogP contribution in [-0.2, 0) is 17.8 Å². The summed E-state index contributed by atoms with van der Waals surface area (Å²) in [5.41, 5.74) is 4.11. The maximum absolute atomic E-state index is 12.8. The van der Waals surface area contributed by atoms with Crippen LogP contribution in [0.25, 0.3) is 10.9 Å². The number of aromatic amines is 1. The van der Waals surface area contributed by atoms with Crippen molar-refractivity contribution in [2.45, 2.75) is 26.0 Å². The average Bonchev–Trinajstić information content (AvgIpc) is 3.06. The first kappa shape index (κ1) is 16.2. The maximum atomic E-state index is 12.8. The Balaban J connectivity index is 1.49. The van der Waals surface area contributed by atoms with E-state index in [1.165, 1.54) is 16.6 Å². The fraction of sp³-hybridized carbons (Fsp3) is 0.238. The number of ether oxygens (including phenoxy) is 1. The summed E-state index contributed by atoms with van der Waals surface area (Å²) in [4.78, 5) is 18.1. The molecule has 0 fully saturated rings. The topological polar surface area (TPSA) is 69.1 Å². The third-order valence-electron chi connectivity index (χ3n) is 4.84. The molecule has 26 heavy (non-hydrogen) atoms. The number of amides is 1. The van der Waals surface area contributed by atoms with Crippen molar-refractivity contribution in [3.8, 4) is 11.8 Å². The van der Waals surface area contributed by atoms with Gasteiger partial charge in [0.2, 0.25) is 0 Å². The van der Waals surface area contributed by atoms with Gasteiger partial charge in [-0.1, -0.05) is 18.2 Å². The van der Waals surface area contributed by atoms with Crippen LogP contribution in [-0.4, -0.2) is 28.4 Å². The third-order valence-corrected chi connectivity index (χ3v) is 4.84. The van der Waals surface area contributed by atoms with E-state index in [1.807, 2.05) is 17.0 Å². The van der Waals surface area contributed by atoms with Crippen LogP contribution in [0.4, 0.5) is 0 Å². The summed E-state index contributed by atoms with van der Waals surface area (Å²) in [7, 11) is 0. The Morgan fingerprint density at radius 3 is 2.77 bits per heavy atom. The van der Waals surface area contributed by atoms with Gasteiger partial charge in [0.15, 0.2) is 6.10 Å². The minimum atomic E-state index is -0.574. The summed E-state index contributed by atoms with van der Waals surface area (Å²) in [6.07, 6.45) is 0.244. The number of benzene rings is 2. The third kappa shape index (κ3) is 2.91. The zero-order valence-electron chi connectivity index (χ0n) is 14.5. The summed E-state index contributed by atoms with van der Waals surface area (Å²) < 4.78 is 5.78. The Morgan fingerprint density at radius 2 is 2.00 bits per heavy atom. The smallest absolute Gasteiger partial charge is 0.263 e. The number of fused-ring (bicyclic) bond motifs is 3. The molecule has 0 saturated heterocycles. The maximum Gasteiger partial charge on any atom is 0.263 e. The number of nitrogens with zero attached hydrogens (tertiary/aromatic N) is 2. The van der Waals surface area contributed by atoms with Crippen LogP contribution >= 0.6 is 0 Å². The number of hydrogen-bond donors (Lipinski definition) is 1. The number of aromatic nitrogens is 1. The minimum Gasteiger partial charge on any atom is -0.481 e. The van der Waals surface area contributed by atoms with Gasteiger partial charge in [-0.05, 0) is 37.3 Å². The summed E-state index contributed by atoms with van der Waals surface area (Å²) in [6, 6.07) is 17.1. The predicted octanol–water partition coefficient (Wildman–Crippen LogP) is 3.39. The second-order valence-electron chi connectivity index (χ2n) is 6.53. The molecule has 1 aliphatic heterocycles. The minimum absolute atomic E-state index is 0.0229. The van der Waals surface area contributed by atoms with Gasteiger partial charge in [0.25, 0.3) is 5.91 Å². The van der Waals surface area contributed by atoms with Gasteiger partial charge in [-0.25, -0.2) is 0 Å². The Kier molecular flexibility index (Phi) is 4.10. The molecule has 130 valence electrons. The Bertz CT molecular complexity index is 998. The van der Waals surface area contributed by atoms with E-state index in [-0.39, 0.29) is 5.91 Å². The molecule has 3 aromatic rings. The highest BCUT2D eigenvalue weighted by molar-refractivity contribution is 5.86. The number of carbonyl (C=O) groups is 1. The van der Waals surface area contributed by atoms with E-state index in [0.717, 1.165) is 11.9 Å². The van der Waals surface area contributed by atoms with Gasteiger partial charge in [-0.15, -0.1) is 0 Å². The molecule has 1 aliphatic rings. The Labute approximate surface area is 151 Å². The van der Waals surface area contributed by atoms with Crippen molar-refractivity contribution < 1.29 is 9.53 Å². The first-order valence-corrected chi connectivity index (χ1v) is 8.70. The van der Waals surface area contributed by atoms with E-state index >= 15 is 0 Å². The van der Waals surface area contributed by atoms with E-state index in [1.54, 1.807) is 31.2 Å². The fourth-order valence-corrected chi connectivity index (χ4v) is 3.47. The first-order chi connectivity index (χ1) is 12.7. The average molecular weight is 345 g/mol.